The molecule has 0 aliphatic carbocycles. The molecule has 0 saturated heterocycles. The van der Waals surface area contributed by atoms with Crippen molar-refractivity contribution in [2.75, 3.05) is 6.54 Å². The fourth-order valence-electron chi connectivity index (χ4n) is 1.63. The lowest BCUT2D eigenvalue weighted by molar-refractivity contribution is 0.0518. The molecule has 0 aliphatic rings. The lowest BCUT2D eigenvalue weighted by Gasteiger charge is -2.22. The zero-order chi connectivity index (χ0) is 11.6. The molecule has 0 aliphatic heterocycles. The summed E-state index contributed by atoms with van der Waals surface area (Å²) in [6, 6.07) is 0. The van der Waals surface area contributed by atoms with Gasteiger partial charge in [0.25, 0.3) is 0 Å². The molecule has 0 amide bonds. The van der Waals surface area contributed by atoms with Crippen molar-refractivity contribution >= 4 is 15.9 Å². The Kier molecular flexibility index (Phi) is 3.92. The van der Waals surface area contributed by atoms with E-state index in [-0.39, 0.29) is 0 Å². The Labute approximate surface area is 98.6 Å². The first-order valence-corrected chi connectivity index (χ1v) is 5.77. The zero-order valence-electron chi connectivity index (χ0n) is 9.42. The Morgan fingerprint density at radius 3 is 2.60 bits per heavy atom. The van der Waals surface area contributed by atoms with Crippen LogP contribution in [0.4, 0.5) is 0 Å². The standard InChI is InChI=1S/C10H18BrN3O/c1-7-9(11)8(14(3)13-7)6-10(2,15)4-5-12/h15H,4-6,12H2,1-3H3. The summed E-state index contributed by atoms with van der Waals surface area (Å²) in [5.74, 6) is 0. The highest BCUT2D eigenvalue weighted by molar-refractivity contribution is 9.10. The van der Waals surface area contributed by atoms with Crippen molar-refractivity contribution in [1.82, 2.24) is 9.78 Å². The molecule has 0 aromatic carbocycles. The Balaban J connectivity index is 2.89. The van der Waals surface area contributed by atoms with E-state index in [9.17, 15) is 5.11 Å². The number of nitrogens with zero attached hydrogens (tertiary/aromatic N) is 2. The van der Waals surface area contributed by atoms with E-state index < -0.39 is 5.60 Å². The van der Waals surface area contributed by atoms with E-state index in [2.05, 4.69) is 21.0 Å². The average molecular weight is 276 g/mol. The van der Waals surface area contributed by atoms with Crippen LogP contribution < -0.4 is 5.73 Å². The molecule has 1 aromatic rings. The number of aliphatic hydroxyl groups is 1. The summed E-state index contributed by atoms with van der Waals surface area (Å²) < 4.78 is 2.77. The number of halogens is 1. The summed E-state index contributed by atoms with van der Waals surface area (Å²) in [7, 11) is 1.88. The van der Waals surface area contributed by atoms with E-state index >= 15 is 0 Å². The van der Waals surface area contributed by atoms with E-state index in [1.54, 1.807) is 11.6 Å². The number of aryl methyl sites for hydroxylation is 2. The number of hydrogen-bond acceptors (Lipinski definition) is 3. The third-order valence-electron chi connectivity index (χ3n) is 2.49. The summed E-state index contributed by atoms with van der Waals surface area (Å²) >= 11 is 3.48. The second-order valence-corrected chi connectivity index (χ2v) is 4.98. The van der Waals surface area contributed by atoms with Gasteiger partial charge in [-0.2, -0.15) is 5.10 Å². The van der Waals surface area contributed by atoms with E-state index in [1.807, 2.05) is 14.0 Å². The van der Waals surface area contributed by atoms with Gasteiger partial charge in [0.1, 0.15) is 0 Å². The highest BCUT2D eigenvalue weighted by Gasteiger charge is 2.24. The molecule has 1 unspecified atom stereocenters. The Morgan fingerprint density at radius 1 is 1.60 bits per heavy atom. The number of rotatable bonds is 4. The highest BCUT2D eigenvalue weighted by atomic mass is 79.9. The molecular formula is C10H18BrN3O. The molecule has 0 radical (unpaired) electrons. The van der Waals surface area contributed by atoms with Gasteiger partial charge in [-0.1, -0.05) is 0 Å². The van der Waals surface area contributed by atoms with Crippen LogP contribution in [0.15, 0.2) is 4.47 Å². The summed E-state index contributed by atoms with van der Waals surface area (Å²) in [5.41, 5.74) is 6.64. The minimum absolute atomic E-state index is 0.488. The average Bonchev–Trinajstić information content (AvgIpc) is 2.32. The molecule has 4 nitrogen and oxygen atoms in total. The van der Waals surface area contributed by atoms with Gasteiger partial charge in [0.05, 0.1) is 21.5 Å². The van der Waals surface area contributed by atoms with Gasteiger partial charge in [-0.25, -0.2) is 0 Å². The first-order chi connectivity index (χ1) is 6.87. The maximum absolute atomic E-state index is 10.1. The molecule has 0 spiro atoms. The van der Waals surface area contributed by atoms with Crippen molar-refractivity contribution in [3.8, 4) is 0 Å². The molecule has 1 atom stereocenters. The van der Waals surface area contributed by atoms with Crippen molar-refractivity contribution in [1.29, 1.82) is 0 Å². The van der Waals surface area contributed by atoms with Crippen molar-refractivity contribution in [3.05, 3.63) is 15.9 Å². The van der Waals surface area contributed by atoms with E-state index in [0.717, 1.165) is 15.9 Å². The van der Waals surface area contributed by atoms with Crippen molar-refractivity contribution in [3.63, 3.8) is 0 Å². The minimum atomic E-state index is -0.766. The predicted molar refractivity (Wildman–Crippen MR) is 63.6 cm³/mol. The fraction of sp³-hybridized carbons (Fsp3) is 0.700. The van der Waals surface area contributed by atoms with Crippen LogP contribution in [0.3, 0.4) is 0 Å². The highest BCUT2D eigenvalue weighted by Crippen LogP contribution is 2.25. The van der Waals surface area contributed by atoms with Crippen LogP contribution in [0, 0.1) is 6.92 Å². The monoisotopic (exact) mass is 275 g/mol. The Hall–Kier alpha value is -0.390. The van der Waals surface area contributed by atoms with Crippen molar-refractivity contribution < 1.29 is 5.11 Å². The topological polar surface area (TPSA) is 64.1 Å². The molecular weight excluding hydrogens is 258 g/mol. The molecule has 1 aromatic heterocycles. The van der Waals surface area contributed by atoms with Gasteiger partial charge >= 0.3 is 0 Å². The second kappa shape index (κ2) is 4.63. The van der Waals surface area contributed by atoms with Crippen LogP contribution in [0.5, 0.6) is 0 Å². The first-order valence-electron chi connectivity index (χ1n) is 4.98. The predicted octanol–water partition coefficient (Wildman–Crippen LogP) is 1.13. The number of nitrogens with two attached hydrogens (primary N) is 1. The van der Waals surface area contributed by atoms with Gasteiger partial charge < -0.3 is 10.8 Å². The summed E-state index contributed by atoms with van der Waals surface area (Å²) in [6.45, 7) is 4.22. The molecule has 1 heterocycles. The zero-order valence-corrected chi connectivity index (χ0v) is 11.0. The largest absolute Gasteiger partial charge is 0.390 e. The van der Waals surface area contributed by atoms with Crippen LogP contribution in [-0.2, 0) is 13.5 Å². The SMILES string of the molecule is Cc1nn(C)c(CC(C)(O)CCN)c1Br. The summed E-state index contributed by atoms with van der Waals surface area (Å²) in [6.07, 6.45) is 1.14. The number of hydrogen-bond donors (Lipinski definition) is 2. The van der Waals surface area contributed by atoms with Crippen LogP contribution in [0.25, 0.3) is 0 Å². The quantitative estimate of drug-likeness (QED) is 0.866. The Morgan fingerprint density at radius 2 is 2.20 bits per heavy atom. The second-order valence-electron chi connectivity index (χ2n) is 4.18. The van der Waals surface area contributed by atoms with Gasteiger partial charge in [-0.3, -0.25) is 4.68 Å². The maximum Gasteiger partial charge on any atom is 0.0738 e. The summed E-state index contributed by atoms with van der Waals surface area (Å²) in [5, 5.41) is 14.4. The Bertz CT molecular complexity index is 347. The van der Waals surface area contributed by atoms with Gasteiger partial charge in [0.15, 0.2) is 0 Å². The number of aromatic nitrogens is 2. The third-order valence-corrected chi connectivity index (χ3v) is 3.52. The van der Waals surface area contributed by atoms with Gasteiger partial charge in [0, 0.05) is 13.5 Å². The van der Waals surface area contributed by atoms with E-state index in [1.165, 1.54) is 0 Å². The van der Waals surface area contributed by atoms with Gasteiger partial charge in [-0.15, -0.1) is 0 Å². The van der Waals surface area contributed by atoms with Crippen LogP contribution in [0.1, 0.15) is 24.7 Å². The molecule has 0 bridgehead atoms. The van der Waals surface area contributed by atoms with Crippen LogP contribution in [-0.4, -0.2) is 27.0 Å². The molecule has 15 heavy (non-hydrogen) atoms. The molecule has 0 saturated carbocycles. The molecule has 5 heteroatoms. The van der Waals surface area contributed by atoms with Crippen molar-refractivity contribution in [2.45, 2.75) is 32.3 Å². The third kappa shape index (κ3) is 3.03. The molecule has 1 rings (SSSR count). The van der Waals surface area contributed by atoms with Crippen LogP contribution in [0.2, 0.25) is 0 Å². The maximum atomic E-state index is 10.1. The van der Waals surface area contributed by atoms with E-state index in [0.29, 0.717) is 19.4 Å². The smallest absolute Gasteiger partial charge is 0.0738 e. The van der Waals surface area contributed by atoms with Gasteiger partial charge in [0.2, 0.25) is 0 Å². The minimum Gasteiger partial charge on any atom is -0.390 e. The molecule has 3 N–H and O–H groups in total. The lowest BCUT2D eigenvalue weighted by Crippen LogP contribution is -2.31. The van der Waals surface area contributed by atoms with Crippen LogP contribution >= 0.6 is 15.9 Å². The molecule has 0 fully saturated rings. The van der Waals surface area contributed by atoms with Gasteiger partial charge in [-0.05, 0) is 42.7 Å². The lowest BCUT2D eigenvalue weighted by atomic mass is 9.96. The molecule has 86 valence electrons. The van der Waals surface area contributed by atoms with Crippen molar-refractivity contribution in [2.24, 2.45) is 12.8 Å². The summed E-state index contributed by atoms with van der Waals surface area (Å²) in [4.78, 5) is 0. The fourth-order valence-corrected chi connectivity index (χ4v) is 2.11. The first kappa shape index (κ1) is 12.7. The normalized spacial score (nSPS) is 15.3. The van der Waals surface area contributed by atoms with E-state index in [4.69, 9.17) is 5.73 Å².